The van der Waals surface area contributed by atoms with Crippen LogP contribution in [0, 0.1) is 0 Å². The third-order valence-electron chi connectivity index (χ3n) is 4.20. The van der Waals surface area contributed by atoms with E-state index in [4.69, 9.17) is 23.2 Å². The molecule has 0 fully saturated rings. The lowest BCUT2D eigenvalue weighted by atomic mass is 10.2. The number of hydrogen-bond acceptors (Lipinski definition) is 4. The largest absolute Gasteiger partial charge is 0.313 e. The summed E-state index contributed by atoms with van der Waals surface area (Å²) in [4.78, 5) is 14.7. The molecular weight excluding hydrogens is 373 g/mol. The number of halogens is 2. The zero-order chi connectivity index (χ0) is 18.3. The lowest BCUT2D eigenvalue weighted by Crippen LogP contribution is -2.27. The Morgan fingerprint density at radius 1 is 1.08 bits per heavy atom. The molecule has 0 saturated carbocycles. The Hall–Kier alpha value is -2.41. The number of benzene rings is 2. The van der Waals surface area contributed by atoms with E-state index < -0.39 is 0 Å². The second-order valence-corrected chi connectivity index (χ2v) is 6.73. The molecule has 1 N–H and O–H groups in total. The molecule has 132 valence electrons. The van der Waals surface area contributed by atoms with Crippen LogP contribution >= 0.6 is 23.2 Å². The number of amides is 1. The van der Waals surface area contributed by atoms with Crippen molar-refractivity contribution in [1.82, 2.24) is 20.1 Å². The first-order chi connectivity index (χ1) is 12.6. The van der Waals surface area contributed by atoms with Gasteiger partial charge in [-0.15, -0.1) is 10.2 Å². The quantitative estimate of drug-likeness (QED) is 0.746. The molecule has 26 heavy (non-hydrogen) atoms. The zero-order valence-corrected chi connectivity index (χ0v) is 15.4. The van der Waals surface area contributed by atoms with Gasteiger partial charge in [0.15, 0.2) is 5.82 Å². The average molecular weight is 388 g/mol. The summed E-state index contributed by atoms with van der Waals surface area (Å²) in [5.41, 5.74) is 2.04. The third kappa shape index (κ3) is 2.76. The van der Waals surface area contributed by atoms with Gasteiger partial charge in [-0.25, -0.2) is 0 Å². The minimum absolute atomic E-state index is 0.105. The number of carbonyl (C=O) groups is 1. The minimum Gasteiger partial charge on any atom is -0.313 e. The summed E-state index contributed by atoms with van der Waals surface area (Å²) in [7, 11) is 1.84. The highest BCUT2D eigenvalue weighted by Crippen LogP contribution is 2.39. The Morgan fingerprint density at radius 3 is 2.65 bits per heavy atom. The Bertz CT molecular complexity index is 1000. The SMILES string of the molecule is CNCc1nnc2n1-c1ccc(Cl)cc1N(c1ccccc1Cl)C(=O)C2. The minimum atomic E-state index is -0.149. The molecule has 1 aromatic heterocycles. The Morgan fingerprint density at radius 2 is 1.88 bits per heavy atom. The van der Waals surface area contributed by atoms with Gasteiger partial charge >= 0.3 is 0 Å². The second kappa shape index (κ2) is 6.72. The highest BCUT2D eigenvalue weighted by Gasteiger charge is 2.31. The normalized spacial score (nSPS) is 13.3. The van der Waals surface area contributed by atoms with Gasteiger partial charge in [0, 0.05) is 5.02 Å². The summed E-state index contributed by atoms with van der Waals surface area (Å²) in [6.07, 6.45) is 0.105. The van der Waals surface area contributed by atoms with Crippen molar-refractivity contribution in [3.8, 4) is 5.69 Å². The number of carbonyl (C=O) groups excluding carboxylic acids is 1. The lowest BCUT2D eigenvalue weighted by molar-refractivity contribution is -0.117. The van der Waals surface area contributed by atoms with Gasteiger partial charge in [-0.05, 0) is 37.4 Å². The van der Waals surface area contributed by atoms with Crippen molar-refractivity contribution < 1.29 is 4.79 Å². The van der Waals surface area contributed by atoms with E-state index in [1.54, 1.807) is 23.1 Å². The van der Waals surface area contributed by atoms with Crippen LogP contribution in [0.5, 0.6) is 0 Å². The summed E-state index contributed by atoms with van der Waals surface area (Å²) in [5, 5.41) is 12.5. The van der Waals surface area contributed by atoms with Crippen LogP contribution in [0.3, 0.4) is 0 Å². The second-order valence-electron chi connectivity index (χ2n) is 5.89. The van der Waals surface area contributed by atoms with Crippen LogP contribution < -0.4 is 10.2 Å². The van der Waals surface area contributed by atoms with Gasteiger partial charge < -0.3 is 5.32 Å². The van der Waals surface area contributed by atoms with Crippen LogP contribution in [-0.2, 0) is 17.8 Å². The number of nitrogens with one attached hydrogen (secondary N) is 1. The molecule has 0 bridgehead atoms. The van der Waals surface area contributed by atoms with E-state index in [9.17, 15) is 4.79 Å². The summed E-state index contributed by atoms with van der Waals surface area (Å²) < 4.78 is 1.90. The van der Waals surface area contributed by atoms with Crippen LogP contribution in [0.25, 0.3) is 5.69 Å². The summed E-state index contributed by atoms with van der Waals surface area (Å²) >= 11 is 12.6. The number of nitrogens with zero attached hydrogens (tertiary/aromatic N) is 4. The van der Waals surface area contributed by atoms with Crippen LogP contribution in [-0.4, -0.2) is 27.7 Å². The first kappa shape index (κ1) is 17.0. The van der Waals surface area contributed by atoms with E-state index in [2.05, 4.69) is 15.5 Å². The fourth-order valence-corrected chi connectivity index (χ4v) is 3.52. The zero-order valence-electron chi connectivity index (χ0n) is 13.9. The van der Waals surface area contributed by atoms with Crippen molar-refractivity contribution in [2.45, 2.75) is 13.0 Å². The molecule has 0 saturated heterocycles. The summed E-state index contributed by atoms with van der Waals surface area (Å²) in [6.45, 7) is 0.523. The number of fused-ring (bicyclic) bond motifs is 3. The number of rotatable bonds is 3. The smallest absolute Gasteiger partial charge is 0.239 e. The van der Waals surface area contributed by atoms with Crippen molar-refractivity contribution in [3.05, 3.63) is 64.2 Å². The molecule has 2 aromatic carbocycles. The molecule has 1 aliphatic heterocycles. The molecule has 0 unspecified atom stereocenters. The van der Waals surface area contributed by atoms with E-state index in [1.807, 2.05) is 35.9 Å². The standard InChI is InChI=1S/C18H15Cl2N5O/c1-21-10-17-23-22-16-9-18(26)24(13-5-3-2-4-12(13)20)15-8-11(19)6-7-14(15)25(16)17/h2-8,21H,9-10H2,1H3. The predicted octanol–water partition coefficient (Wildman–Crippen LogP) is 3.51. The number of anilines is 2. The first-order valence-corrected chi connectivity index (χ1v) is 8.81. The van der Waals surface area contributed by atoms with Crippen molar-refractivity contribution in [2.75, 3.05) is 11.9 Å². The molecule has 1 aliphatic rings. The van der Waals surface area contributed by atoms with Gasteiger partial charge in [0.05, 0.1) is 35.1 Å². The van der Waals surface area contributed by atoms with E-state index >= 15 is 0 Å². The highest BCUT2D eigenvalue weighted by molar-refractivity contribution is 6.34. The first-order valence-electron chi connectivity index (χ1n) is 8.05. The van der Waals surface area contributed by atoms with Crippen molar-refractivity contribution in [2.24, 2.45) is 0 Å². The van der Waals surface area contributed by atoms with Crippen LogP contribution in [0.1, 0.15) is 11.6 Å². The number of para-hydroxylation sites is 1. The van der Waals surface area contributed by atoms with Crippen LogP contribution in [0.4, 0.5) is 11.4 Å². The van der Waals surface area contributed by atoms with Gasteiger partial charge in [0.2, 0.25) is 5.91 Å². The van der Waals surface area contributed by atoms with E-state index in [1.165, 1.54) is 0 Å². The fourth-order valence-electron chi connectivity index (χ4n) is 3.13. The van der Waals surface area contributed by atoms with Gasteiger partial charge in [0.25, 0.3) is 0 Å². The molecule has 2 heterocycles. The van der Waals surface area contributed by atoms with E-state index in [-0.39, 0.29) is 12.3 Å². The van der Waals surface area contributed by atoms with Gasteiger partial charge in [-0.3, -0.25) is 14.3 Å². The summed E-state index contributed by atoms with van der Waals surface area (Å²) in [5.74, 6) is 1.15. The molecule has 0 spiro atoms. The van der Waals surface area contributed by atoms with Crippen molar-refractivity contribution in [3.63, 3.8) is 0 Å². The third-order valence-corrected chi connectivity index (χ3v) is 4.76. The maximum atomic E-state index is 13.1. The number of hydrogen-bond donors (Lipinski definition) is 1. The van der Waals surface area contributed by atoms with Crippen molar-refractivity contribution >= 4 is 40.5 Å². The van der Waals surface area contributed by atoms with Crippen molar-refractivity contribution in [1.29, 1.82) is 0 Å². The van der Waals surface area contributed by atoms with Crippen LogP contribution in [0.15, 0.2) is 42.5 Å². The highest BCUT2D eigenvalue weighted by atomic mass is 35.5. The molecule has 8 heteroatoms. The summed E-state index contributed by atoms with van der Waals surface area (Å²) in [6, 6.07) is 12.6. The fraction of sp³-hybridized carbons (Fsp3) is 0.167. The molecule has 0 radical (unpaired) electrons. The van der Waals surface area contributed by atoms with E-state index in [0.717, 1.165) is 11.5 Å². The van der Waals surface area contributed by atoms with Gasteiger partial charge in [-0.1, -0.05) is 35.3 Å². The number of aromatic nitrogens is 3. The Balaban J connectivity index is 1.99. The maximum absolute atomic E-state index is 13.1. The molecular formula is C18H15Cl2N5O. The van der Waals surface area contributed by atoms with Gasteiger partial charge in [0.1, 0.15) is 5.82 Å². The Labute approximate surface area is 160 Å². The molecule has 1 amide bonds. The topological polar surface area (TPSA) is 63.1 Å². The predicted molar refractivity (Wildman–Crippen MR) is 101 cm³/mol. The molecule has 0 aliphatic carbocycles. The lowest BCUT2D eigenvalue weighted by Gasteiger charge is -2.24. The van der Waals surface area contributed by atoms with Gasteiger partial charge in [-0.2, -0.15) is 0 Å². The average Bonchev–Trinajstić information content (AvgIpc) is 2.94. The molecule has 6 nitrogen and oxygen atoms in total. The van der Waals surface area contributed by atoms with Crippen LogP contribution in [0.2, 0.25) is 10.0 Å². The molecule has 0 atom stereocenters. The maximum Gasteiger partial charge on any atom is 0.239 e. The monoisotopic (exact) mass is 387 g/mol. The molecule has 3 aromatic rings. The molecule has 4 rings (SSSR count). The Kier molecular flexibility index (Phi) is 4.40. The van der Waals surface area contributed by atoms with E-state index in [0.29, 0.717) is 33.8 Å².